The van der Waals surface area contributed by atoms with Crippen molar-refractivity contribution >= 4 is 109 Å². The number of aliphatic hydroxyl groups excluding tert-OH is 1. The maximum Gasteiger partial charge on any atom is 0.296 e. The number of aromatic hydroxyl groups is 1. The van der Waals surface area contributed by atoms with Crippen LogP contribution in [0.25, 0.3) is 21.5 Å². The highest BCUT2D eigenvalue weighted by atomic mass is 32.2. The Morgan fingerprint density at radius 1 is 0.494 bits per heavy atom. The Morgan fingerprint density at radius 2 is 1.05 bits per heavy atom. The second kappa shape index (κ2) is 22.8. The molecule has 396 valence electrons. The van der Waals surface area contributed by atoms with Gasteiger partial charge in [0, 0.05) is 39.8 Å². The van der Waals surface area contributed by atoms with Crippen molar-refractivity contribution in [2.45, 2.75) is 43.6 Å². The molecule has 0 atom stereocenters. The van der Waals surface area contributed by atoms with Gasteiger partial charge in [-0.3, -0.25) is 13.7 Å². The summed E-state index contributed by atoms with van der Waals surface area (Å²) in [5.41, 5.74) is 5.13. The van der Waals surface area contributed by atoms with E-state index in [1.54, 1.807) is 57.2 Å². The number of hydrogen-bond donors (Lipinski definition) is 6. The Bertz CT molecular complexity index is 4080. The van der Waals surface area contributed by atoms with Gasteiger partial charge >= 0.3 is 0 Å². The van der Waals surface area contributed by atoms with Crippen molar-refractivity contribution in [2.24, 2.45) is 40.9 Å². The lowest BCUT2D eigenvalue weighted by Gasteiger charge is -2.11. The molecule has 0 saturated carbocycles. The lowest BCUT2D eigenvalue weighted by atomic mass is 10.1. The number of rotatable bonds is 19. The quantitative estimate of drug-likeness (QED) is 0.0249. The van der Waals surface area contributed by atoms with Crippen molar-refractivity contribution in [3.05, 3.63) is 150 Å². The normalized spacial score (nSPS) is 12.5. The first-order valence-corrected chi connectivity index (χ1v) is 27.5. The number of benzene rings is 8. The molecule has 0 bridgehead atoms. The highest BCUT2D eigenvalue weighted by Crippen LogP contribution is 2.43. The molecule has 22 nitrogen and oxygen atoms in total. The van der Waals surface area contributed by atoms with E-state index in [1.165, 1.54) is 31.4 Å². The van der Waals surface area contributed by atoms with Gasteiger partial charge in [0.2, 0.25) is 0 Å². The number of phenolic OH excluding ortho intramolecular Hbond substituents is 1. The van der Waals surface area contributed by atoms with Gasteiger partial charge in [-0.15, -0.1) is 20.5 Å². The minimum absolute atomic E-state index is 0.0198. The summed E-state index contributed by atoms with van der Waals surface area (Å²) in [5.74, 6) is -0.395. The van der Waals surface area contributed by atoms with Crippen molar-refractivity contribution in [3.63, 3.8) is 0 Å². The van der Waals surface area contributed by atoms with E-state index >= 15 is 0 Å². The fraction of sp³-hybridized carbons (Fsp3) is 0.154. The van der Waals surface area contributed by atoms with E-state index < -0.39 is 58.2 Å². The molecule has 0 spiro atoms. The fourth-order valence-electron chi connectivity index (χ4n) is 7.80. The number of methoxy groups -OCH3 is 1. The summed E-state index contributed by atoms with van der Waals surface area (Å²) in [6.45, 7) is 4.48. The van der Waals surface area contributed by atoms with E-state index in [0.717, 1.165) is 35.0 Å². The summed E-state index contributed by atoms with van der Waals surface area (Å²) in [5, 5.41) is 60.8. The van der Waals surface area contributed by atoms with Crippen LogP contribution < -0.4 is 14.8 Å². The van der Waals surface area contributed by atoms with Crippen LogP contribution in [-0.2, 0) is 37.0 Å². The highest BCUT2D eigenvalue weighted by Gasteiger charge is 2.22. The van der Waals surface area contributed by atoms with Crippen LogP contribution in [0.15, 0.2) is 178 Å². The maximum absolute atomic E-state index is 12.4. The summed E-state index contributed by atoms with van der Waals surface area (Å²) < 4.78 is 113. The Balaban J connectivity index is 1.04. The lowest BCUT2D eigenvalue weighted by Crippen LogP contribution is -2.08. The van der Waals surface area contributed by atoms with Gasteiger partial charge in [0.15, 0.2) is 5.75 Å². The summed E-state index contributed by atoms with van der Waals surface area (Å²) in [6, 6.07) is 33.9. The van der Waals surface area contributed by atoms with Crippen LogP contribution in [0.2, 0.25) is 0 Å². The topological polar surface area (TPSA) is 333 Å². The highest BCUT2D eigenvalue weighted by molar-refractivity contribution is 7.86. The van der Waals surface area contributed by atoms with E-state index in [1.807, 2.05) is 48.5 Å². The number of hydrogen-bond acceptors (Lipinski definition) is 19. The molecule has 0 fully saturated rings. The number of nitrogens with zero attached hydrogens (tertiary/aromatic N) is 8. The summed E-state index contributed by atoms with van der Waals surface area (Å²) in [7, 11) is -12.6. The van der Waals surface area contributed by atoms with E-state index in [4.69, 9.17) is 9.47 Å². The second-order valence-electron chi connectivity index (χ2n) is 17.2. The van der Waals surface area contributed by atoms with Crippen molar-refractivity contribution in [2.75, 3.05) is 24.8 Å². The Hall–Kier alpha value is -8.43. The number of phenols is 1. The van der Waals surface area contributed by atoms with Crippen LogP contribution in [0.4, 0.5) is 56.9 Å². The molecule has 8 aromatic carbocycles. The average molecular weight is 1100 g/mol. The van der Waals surface area contributed by atoms with Crippen molar-refractivity contribution in [3.8, 4) is 17.2 Å². The second-order valence-corrected chi connectivity index (χ2v) is 21.6. The first kappa shape index (κ1) is 54.8. The van der Waals surface area contributed by atoms with Crippen LogP contribution in [0.3, 0.4) is 0 Å². The first-order valence-electron chi connectivity index (χ1n) is 23.0. The van der Waals surface area contributed by atoms with E-state index in [-0.39, 0.29) is 69.5 Å². The number of nitrogens with one attached hydrogen (secondary N) is 1. The Morgan fingerprint density at radius 3 is 1.68 bits per heavy atom. The van der Waals surface area contributed by atoms with Crippen LogP contribution in [0, 0.1) is 20.8 Å². The van der Waals surface area contributed by atoms with Crippen molar-refractivity contribution in [1.82, 2.24) is 0 Å². The van der Waals surface area contributed by atoms with Crippen LogP contribution in [-0.4, -0.2) is 68.6 Å². The predicted octanol–water partition coefficient (Wildman–Crippen LogP) is 13.7. The molecule has 0 unspecified atom stereocenters. The van der Waals surface area contributed by atoms with Gasteiger partial charge in [-0.25, -0.2) is 0 Å². The van der Waals surface area contributed by atoms with Crippen molar-refractivity contribution < 1.29 is 58.6 Å². The van der Waals surface area contributed by atoms with E-state index in [0.29, 0.717) is 39.0 Å². The van der Waals surface area contributed by atoms with Gasteiger partial charge in [0.1, 0.15) is 44.0 Å². The molecule has 0 saturated heterocycles. The smallest absolute Gasteiger partial charge is 0.296 e. The van der Waals surface area contributed by atoms with Crippen LogP contribution in [0.1, 0.15) is 28.7 Å². The summed E-state index contributed by atoms with van der Waals surface area (Å²) in [6.07, 6.45) is -0.130. The van der Waals surface area contributed by atoms with E-state index in [9.17, 15) is 49.1 Å². The Labute approximate surface area is 441 Å². The number of aryl methyl sites for hydroxylation is 3. The minimum Gasteiger partial charge on any atom is -0.505 e. The molecule has 0 radical (unpaired) electrons. The molecule has 0 heterocycles. The molecular weight excluding hydrogens is 1050 g/mol. The number of azo groups is 4. The van der Waals surface area contributed by atoms with Crippen LogP contribution >= 0.6 is 0 Å². The number of aliphatic hydroxyl groups is 1. The summed E-state index contributed by atoms with van der Waals surface area (Å²) >= 11 is 0. The van der Waals surface area contributed by atoms with Crippen molar-refractivity contribution in [1.29, 1.82) is 0 Å². The zero-order chi connectivity index (χ0) is 55.2. The monoisotopic (exact) mass is 1100 g/mol. The number of anilines is 2. The first-order chi connectivity index (χ1) is 36.6. The van der Waals surface area contributed by atoms with Gasteiger partial charge in [0.25, 0.3) is 30.4 Å². The number of para-hydroxylation sites is 1. The molecule has 25 heteroatoms. The van der Waals surface area contributed by atoms with Gasteiger partial charge in [-0.05, 0) is 134 Å². The fourth-order valence-corrected chi connectivity index (χ4v) is 9.63. The third-order valence-corrected chi connectivity index (χ3v) is 14.3. The zero-order valence-electron chi connectivity index (χ0n) is 41.3. The molecule has 6 N–H and O–H groups in total. The standard InChI is InChI=1S/C52H47N9O13S3/c1-30-21-42(56-59-45-22-32(3)43(27-49(45)74-18-9-19-75(64,65)66)57-61-47-26-39-33(25-51(47)77(70,71)72)10-8-13-50(39)76(67,68)69)31(2)20-41(30)55-58-44-28-48(73-4)46(24-35(44)29-62)60-54-40-17-14-34-23-37(15-16-38(34)52(40)63)53-36-11-6-5-7-12-36/h5-8,10-17,20-28,53,62-63H,9,18-19,29H2,1-4H3,(H,64,65,66)(H,67,68,69)(H,70,71,72). The third-order valence-electron chi connectivity index (χ3n) is 11.7. The summed E-state index contributed by atoms with van der Waals surface area (Å²) in [4.78, 5) is -1.25. The van der Waals surface area contributed by atoms with Crippen LogP contribution in [0.5, 0.6) is 17.2 Å². The number of fused-ring (bicyclic) bond motifs is 2. The predicted molar refractivity (Wildman–Crippen MR) is 288 cm³/mol. The van der Waals surface area contributed by atoms with E-state index in [2.05, 4.69) is 46.2 Å². The third kappa shape index (κ3) is 13.3. The van der Waals surface area contributed by atoms with Gasteiger partial charge in [-0.2, -0.15) is 45.7 Å². The van der Waals surface area contributed by atoms with Gasteiger partial charge in [-0.1, -0.05) is 36.4 Å². The SMILES string of the molecule is COc1cc(N=Nc2cc(C)c(N=Nc3cc(C)c(N=Nc4cc5c(S(=O)(=O)O)cccc5cc4S(=O)(=O)O)cc3OCCCS(=O)(=O)O)cc2C)c(CO)cc1N=Nc1ccc2cc(Nc3ccccc3)ccc2c1O. The lowest BCUT2D eigenvalue weighted by molar-refractivity contribution is 0.282. The molecule has 0 aliphatic rings. The molecule has 0 aromatic heterocycles. The molecule has 0 aliphatic heterocycles. The Kier molecular flexibility index (Phi) is 16.2. The minimum atomic E-state index is -4.94. The largest absolute Gasteiger partial charge is 0.505 e. The van der Waals surface area contributed by atoms with Gasteiger partial charge in [0.05, 0.1) is 48.8 Å². The maximum atomic E-state index is 12.4. The number of ether oxygens (including phenoxy) is 2. The zero-order valence-corrected chi connectivity index (χ0v) is 43.7. The van der Waals surface area contributed by atoms with Gasteiger partial charge < -0.3 is 25.0 Å². The molecular formula is C52H47N9O13S3. The molecule has 0 amide bonds. The molecule has 8 rings (SSSR count). The average Bonchev–Trinajstić information content (AvgIpc) is 3.38. The molecule has 8 aromatic rings. The molecule has 77 heavy (non-hydrogen) atoms. The molecule has 0 aliphatic carbocycles.